The molecule has 4 amide bonds. The minimum Gasteiger partial charge on any atom is -0.427 e. The number of halogens is 4. The number of carbonyl (C=O) groups is 6. The molecule has 292 valence electrons. The van der Waals surface area contributed by atoms with Crippen molar-refractivity contribution in [3.05, 3.63) is 65.0 Å². The maximum absolute atomic E-state index is 13.8. The number of unbranched alkanes of at least 4 members (excludes halogenated alkanes) is 4. The lowest BCUT2D eigenvalue weighted by molar-refractivity contribution is -0.187. The number of imide groups is 1. The van der Waals surface area contributed by atoms with Crippen LogP contribution in [0, 0.1) is 11.7 Å². The number of ether oxygens (including phenoxy) is 1. The van der Waals surface area contributed by atoms with Crippen molar-refractivity contribution in [2.24, 2.45) is 5.92 Å². The number of nitrogens with zero attached hydrogens (tertiary/aromatic N) is 2. The van der Waals surface area contributed by atoms with Crippen molar-refractivity contribution >= 4 is 41.1 Å². The number of nitrogens with one attached hydrogen (secondary N) is 1. The third-order valence-electron chi connectivity index (χ3n) is 10.8. The molecule has 1 spiro atoms. The van der Waals surface area contributed by atoms with Gasteiger partial charge < -0.3 is 15.0 Å². The fourth-order valence-electron chi connectivity index (χ4n) is 7.57. The van der Waals surface area contributed by atoms with E-state index in [0.29, 0.717) is 45.2 Å². The third kappa shape index (κ3) is 9.92. The fourth-order valence-corrected chi connectivity index (χ4v) is 7.57. The lowest BCUT2D eigenvalue weighted by Gasteiger charge is -2.31. The van der Waals surface area contributed by atoms with Gasteiger partial charge in [-0.1, -0.05) is 50.3 Å². The Kier molecular flexibility index (Phi) is 13.3. The number of alkyl halides is 3. The number of rotatable bonds is 18. The normalized spacial score (nSPS) is 18.9. The lowest BCUT2D eigenvalue weighted by atomic mass is 9.94. The molecule has 10 nitrogen and oxygen atoms in total. The molecule has 0 aromatic heterocycles. The van der Waals surface area contributed by atoms with E-state index in [2.05, 4.69) is 5.32 Å². The molecular weight excluding hydrogens is 710 g/mol. The molecule has 2 atom stereocenters. The zero-order valence-corrected chi connectivity index (χ0v) is 30.5. The van der Waals surface area contributed by atoms with Gasteiger partial charge in [0.15, 0.2) is 0 Å². The van der Waals surface area contributed by atoms with Crippen molar-refractivity contribution in [1.29, 1.82) is 0 Å². The summed E-state index contributed by atoms with van der Waals surface area (Å²) in [5.41, 5.74) is -0.197. The Morgan fingerprint density at radius 3 is 2.28 bits per heavy atom. The Hall–Kier alpha value is -4.62. The van der Waals surface area contributed by atoms with Crippen LogP contribution < -0.4 is 5.32 Å². The molecule has 0 unspecified atom stereocenters. The average Bonchev–Trinajstić information content (AvgIpc) is 3.85. The van der Waals surface area contributed by atoms with E-state index in [0.717, 1.165) is 76.8 Å². The number of carbonyl (C=O) groups excluding carboxylic acids is 6. The molecule has 1 saturated heterocycles. The minimum atomic E-state index is -4.82. The Bertz CT molecular complexity index is 1720. The van der Waals surface area contributed by atoms with Crippen molar-refractivity contribution in [1.82, 2.24) is 9.80 Å². The highest BCUT2D eigenvalue weighted by Gasteiger charge is 2.58. The van der Waals surface area contributed by atoms with Gasteiger partial charge >= 0.3 is 12.3 Å². The number of amides is 4. The summed E-state index contributed by atoms with van der Waals surface area (Å²) in [6, 6.07) is 6.98. The number of aryl methyl sites for hydroxylation is 1. The van der Waals surface area contributed by atoms with Crippen LogP contribution in [0.3, 0.4) is 0 Å². The topological polar surface area (TPSA) is 130 Å². The van der Waals surface area contributed by atoms with Crippen molar-refractivity contribution in [3.63, 3.8) is 0 Å². The summed E-state index contributed by atoms with van der Waals surface area (Å²) in [4.78, 5) is 78.1. The van der Waals surface area contributed by atoms with Crippen molar-refractivity contribution in [2.75, 3.05) is 11.9 Å². The predicted molar refractivity (Wildman–Crippen MR) is 189 cm³/mol. The van der Waals surface area contributed by atoms with Crippen LogP contribution in [0.15, 0.2) is 42.5 Å². The Balaban J connectivity index is 1.09. The van der Waals surface area contributed by atoms with Crippen LogP contribution in [0.2, 0.25) is 0 Å². The van der Waals surface area contributed by atoms with E-state index in [1.165, 1.54) is 24.3 Å². The molecule has 0 bridgehead atoms. The van der Waals surface area contributed by atoms with Gasteiger partial charge in [-0.2, -0.15) is 13.2 Å². The number of hydrogen-bond acceptors (Lipinski definition) is 7. The number of hydrogen-bond donors (Lipinski definition) is 1. The summed E-state index contributed by atoms with van der Waals surface area (Å²) in [6.07, 6.45) is 4.26. The molecule has 54 heavy (non-hydrogen) atoms. The first kappa shape index (κ1) is 40.6. The number of fused-ring (bicyclic) bond motifs is 2. The van der Waals surface area contributed by atoms with Crippen LogP contribution >= 0.6 is 0 Å². The van der Waals surface area contributed by atoms with Gasteiger partial charge in [0.25, 0.3) is 5.91 Å². The van der Waals surface area contributed by atoms with Crippen LogP contribution in [0.5, 0.6) is 0 Å². The molecule has 2 aromatic carbocycles. The van der Waals surface area contributed by atoms with E-state index in [1.54, 1.807) is 6.07 Å². The highest BCUT2D eigenvalue weighted by atomic mass is 19.4. The van der Waals surface area contributed by atoms with Crippen LogP contribution in [0.1, 0.15) is 114 Å². The van der Waals surface area contributed by atoms with E-state index in [4.69, 9.17) is 4.74 Å². The van der Waals surface area contributed by atoms with Gasteiger partial charge in [-0.25, -0.2) is 14.1 Å². The van der Waals surface area contributed by atoms with Gasteiger partial charge in [-0.05, 0) is 74.4 Å². The Morgan fingerprint density at radius 1 is 0.926 bits per heavy atom. The van der Waals surface area contributed by atoms with Crippen molar-refractivity contribution < 1.29 is 51.1 Å². The zero-order valence-electron chi connectivity index (χ0n) is 30.5. The Morgan fingerprint density at radius 2 is 1.59 bits per heavy atom. The number of Topliss-reactive ketones (excluding diaryl/α,β-unsaturated/α-hetero) is 2. The third-order valence-corrected chi connectivity index (χ3v) is 10.8. The summed E-state index contributed by atoms with van der Waals surface area (Å²) in [6.45, 7) is -0.758. The Labute approximate surface area is 312 Å². The van der Waals surface area contributed by atoms with Crippen molar-refractivity contribution in [3.8, 4) is 0 Å². The second-order valence-electron chi connectivity index (χ2n) is 14.6. The largest absolute Gasteiger partial charge is 0.427 e. The average molecular weight is 758 g/mol. The summed E-state index contributed by atoms with van der Waals surface area (Å²) >= 11 is 0. The fraction of sp³-hybridized carbons (Fsp3) is 0.550. The number of anilines is 1. The standard InChI is InChI=1S/C40H47F4N3O7/c1-26(40(42,43)44)46(24-27-13-15-30(41)16-14-27)36(51)25-47-37(52)39(54-38(47)53)22-21-29-23-31(17-19-33(29)39)45-35(50)20-18-32(48)11-5-3-2-4-6-12-34(49)28-9-7-8-10-28/h13-17,19,23,26,28H,2-12,18,20-22,24-25H2,1H3,(H,45,50)/t26-,39+/m0/s1. The first-order valence-electron chi connectivity index (χ1n) is 18.8. The van der Waals surface area contributed by atoms with E-state index in [1.807, 2.05) is 0 Å². The van der Waals surface area contributed by atoms with Gasteiger partial charge in [0, 0.05) is 55.8 Å². The summed E-state index contributed by atoms with van der Waals surface area (Å²) in [5, 5.41) is 2.75. The molecule has 1 aliphatic heterocycles. The smallest absolute Gasteiger partial charge is 0.418 e. The molecule has 14 heteroatoms. The van der Waals surface area contributed by atoms with E-state index in [-0.39, 0.29) is 48.9 Å². The van der Waals surface area contributed by atoms with Gasteiger partial charge in [-0.3, -0.25) is 24.0 Å². The zero-order chi connectivity index (χ0) is 39.0. The quantitative estimate of drug-likeness (QED) is 0.122. The monoisotopic (exact) mass is 757 g/mol. The highest BCUT2D eigenvalue weighted by molar-refractivity contribution is 6.06. The lowest BCUT2D eigenvalue weighted by Crippen LogP contribution is -2.51. The predicted octanol–water partition coefficient (Wildman–Crippen LogP) is 7.70. The van der Waals surface area contributed by atoms with Gasteiger partial charge in [0.05, 0.1) is 0 Å². The summed E-state index contributed by atoms with van der Waals surface area (Å²) in [5.74, 6) is -2.36. The van der Waals surface area contributed by atoms with E-state index >= 15 is 0 Å². The molecule has 1 N–H and O–H groups in total. The number of benzene rings is 2. The van der Waals surface area contributed by atoms with E-state index < -0.39 is 54.6 Å². The first-order valence-corrected chi connectivity index (χ1v) is 18.8. The maximum Gasteiger partial charge on any atom is 0.418 e. The SMILES string of the molecule is C[C@H](N(Cc1ccc(F)cc1)C(=O)CN1C(=O)O[C@@]2(CCc3cc(NC(=O)CCC(=O)CCCCCCCC(=O)C4CCCC4)ccc32)C1=O)C(F)(F)F. The first-order chi connectivity index (χ1) is 25.7. The minimum absolute atomic E-state index is 0.00602. The summed E-state index contributed by atoms with van der Waals surface area (Å²) < 4.78 is 60.2. The van der Waals surface area contributed by atoms with Crippen molar-refractivity contribution in [2.45, 2.75) is 128 Å². The second kappa shape index (κ2) is 17.7. The second-order valence-corrected chi connectivity index (χ2v) is 14.6. The molecule has 0 radical (unpaired) electrons. The molecular formula is C40H47F4N3O7. The van der Waals surface area contributed by atoms with Crippen LogP contribution in [-0.4, -0.2) is 63.9 Å². The molecule has 5 rings (SSSR count). The van der Waals surface area contributed by atoms with Crippen LogP contribution in [0.4, 0.5) is 28.0 Å². The molecule has 2 aromatic rings. The maximum atomic E-state index is 13.8. The van der Waals surface area contributed by atoms with Gasteiger partial charge in [0.2, 0.25) is 17.4 Å². The number of ketones is 2. The van der Waals surface area contributed by atoms with Crippen LogP contribution in [0.25, 0.3) is 0 Å². The van der Waals surface area contributed by atoms with Gasteiger partial charge in [-0.15, -0.1) is 0 Å². The van der Waals surface area contributed by atoms with E-state index in [9.17, 15) is 46.3 Å². The molecule has 2 aliphatic carbocycles. The molecule has 3 aliphatic rings. The molecule has 1 saturated carbocycles. The molecule has 2 fully saturated rings. The van der Waals surface area contributed by atoms with Crippen LogP contribution in [-0.2, 0) is 47.3 Å². The van der Waals surface area contributed by atoms with Gasteiger partial charge in [0.1, 0.15) is 30.0 Å². The molecule has 1 heterocycles. The highest BCUT2D eigenvalue weighted by Crippen LogP contribution is 2.46. The summed E-state index contributed by atoms with van der Waals surface area (Å²) in [7, 11) is 0.